The van der Waals surface area contributed by atoms with E-state index < -0.39 is 5.41 Å². The van der Waals surface area contributed by atoms with Crippen molar-refractivity contribution in [3.05, 3.63) is 53.1 Å². The maximum absolute atomic E-state index is 13.4. The van der Waals surface area contributed by atoms with Crippen LogP contribution in [0, 0.1) is 12.3 Å². The van der Waals surface area contributed by atoms with Crippen LogP contribution in [-0.2, 0) is 27.2 Å². The zero-order valence-electron chi connectivity index (χ0n) is 25.2. The molecule has 1 aromatic carbocycles. The molecule has 3 aliphatic rings. The molecule has 1 unspecified atom stereocenters. The summed E-state index contributed by atoms with van der Waals surface area (Å²) in [6.45, 7) is 6.60. The minimum absolute atomic E-state index is 0.0133. The molecule has 226 valence electrons. The third-order valence-corrected chi connectivity index (χ3v) is 9.25. The second-order valence-electron chi connectivity index (χ2n) is 12.1. The monoisotopic (exact) mass is 575 g/mol. The molecule has 1 spiro atoms. The molecule has 2 saturated heterocycles. The van der Waals surface area contributed by atoms with Crippen molar-refractivity contribution in [3.63, 3.8) is 0 Å². The van der Waals surface area contributed by atoms with Gasteiger partial charge in [0.25, 0.3) is 0 Å². The molecule has 9 nitrogen and oxygen atoms in total. The highest BCUT2D eigenvalue weighted by atomic mass is 16.5. The number of nitrogens with one attached hydrogen (secondary N) is 1. The summed E-state index contributed by atoms with van der Waals surface area (Å²) in [5.41, 5.74) is 2.52. The minimum atomic E-state index is -0.423. The standard InChI is InChI=1S/C33H45N5O4/c1-24-35-27(23-28(36-24)29-11-7-19-38(29)25(2)39)13-14-31(40)37-20-16-33(17-21-37)15-6-5-10-26-9-3-4-12-30(26)42-22-8-18-34-32(33)41/h3-4,9,12,23,29H,5-8,10-11,13-22H2,1-2H3,(H,34,41). The average molecular weight is 576 g/mol. The highest BCUT2D eigenvalue weighted by molar-refractivity contribution is 5.83. The Morgan fingerprint density at radius 3 is 2.67 bits per heavy atom. The van der Waals surface area contributed by atoms with E-state index in [0.717, 1.165) is 68.6 Å². The van der Waals surface area contributed by atoms with Gasteiger partial charge in [-0.2, -0.15) is 0 Å². The predicted molar refractivity (Wildman–Crippen MR) is 160 cm³/mol. The van der Waals surface area contributed by atoms with E-state index in [1.807, 2.05) is 34.9 Å². The first-order valence-corrected chi connectivity index (χ1v) is 15.7. The smallest absolute Gasteiger partial charge is 0.226 e. The third kappa shape index (κ3) is 7.10. The molecule has 3 amide bonds. The quantitative estimate of drug-likeness (QED) is 0.582. The number of ether oxygens (including phenoxy) is 1. The molecule has 0 saturated carbocycles. The number of nitrogens with zero attached hydrogens (tertiary/aromatic N) is 4. The molecule has 2 fully saturated rings. The largest absolute Gasteiger partial charge is 0.493 e. The Hall–Kier alpha value is -3.49. The molecule has 4 heterocycles. The van der Waals surface area contributed by atoms with Crippen LogP contribution in [0.25, 0.3) is 0 Å². The lowest BCUT2D eigenvalue weighted by molar-refractivity contribution is -0.141. The number of carbonyl (C=O) groups is 3. The number of hydrogen-bond acceptors (Lipinski definition) is 6. The van der Waals surface area contributed by atoms with E-state index in [9.17, 15) is 14.4 Å². The highest BCUT2D eigenvalue weighted by Gasteiger charge is 2.41. The molecule has 2 aromatic rings. The van der Waals surface area contributed by atoms with Gasteiger partial charge in [-0.15, -0.1) is 0 Å². The van der Waals surface area contributed by atoms with Gasteiger partial charge < -0.3 is 19.9 Å². The van der Waals surface area contributed by atoms with Crippen LogP contribution >= 0.6 is 0 Å². The third-order valence-electron chi connectivity index (χ3n) is 9.25. The van der Waals surface area contributed by atoms with Gasteiger partial charge in [0, 0.05) is 45.2 Å². The van der Waals surface area contributed by atoms with Gasteiger partial charge in [-0.3, -0.25) is 14.4 Å². The van der Waals surface area contributed by atoms with Crippen molar-refractivity contribution >= 4 is 17.7 Å². The summed E-state index contributed by atoms with van der Waals surface area (Å²) in [5, 5.41) is 3.18. The molecule has 1 aromatic heterocycles. The van der Waals surface area contributed by atoms with E-state index in [2.05, 4.69) is 27.4 Å². The van der Waals surface area contributed by atoms with Crippen molar-refractivity contribution in [2.24, 2.45) is 5.41 Å². The Balaban J connectivity index is 1.17. The zero-order valence-corrected chi connectivity index (χ0v) is 25.2. The minimum Gasteiger partial charge on any atom is -0.493 e. The fourth-order valence-electron chi connectivity index (χ4n) is 6.85. The van der Waals surface area contributed by atoms with Crippen LogP contribution in [0.4, 0.5) is 0 Å². The second-order valence-corrected chi connectivity index (χ2v) is 12.1. The Labute approximate surface area is 249 Å². The summed E-state index contributed by atoms with van der Waals surface area (Å²) >= 11 is 0. The fourth-order valence-corrected chi connectivity index (χ4v) is 6.85. The molecule has 5 rings (SSSR count). The van der Waals surface area contributed by atoms with E-state index in [-0.39, 0.29) is 23.8 Å². The van der Waals surface area contributed by atoms with Crippen LogP contribution in [0.1, 0.15) is 93.5 Å². The lowest BCUT2D eigenvalue weighted by atomic mass is 9.73. The predicted octanol–water partition coefficient (Wildman–Crippen LogP) is 4.32. The molecule has 9 heteroatoms. The van der Waals surface area contributed by atoms with Crippen LogP contribution in [0.3, 0.4) is 0 Å². The molecular formula is C33H45N5O4. The Kier molecular flexibility index (Phi) is 9.75. The van der Waals surface area contributed by atoms with E-state index in [0.29, 0.717) is 57.7 Å². The summed E-state index contributed by atoms with van der Waals surface area (Å²) in [5.74, 6) is 1.92. The molecular weight excluding hydrogens is 530 g/mol. The summed E-state index contributed by atoms with van der Waals surface area (Å²) in [6, 6.07) is 10.2. The average Bonchev–Trinajstić information content (AvgIpc) is 3.49. The number of amides is 3. The second kappa shape index (κ2) is 13.7. The number of aromatic nitrogens is 2. The first-order chi connectivity index (χ1) is 20.3. The van der Waals surface area contributed by atoms with Crippen molar-refractivity contribution in [1.82, 2.24) is 25.1 Å². The van der Waals surface area contributed by atoms with Gasteiger partial charge in [0.1, 0.15) is 11.6 Å². The first-order valence-electron chi connectivity index (χ1n) is 15.7. The van der Waals surface area contributed by atoms with Crippen LogP contribution < -0.4 is 10.1 Å². The lowest BCUT2D eigenvalue weighted by Gasteiger charge is -2.41. The lowest BCUT2D eigenvalue weighted by Crippen LogP contribution is -2.50. The number of likely N-dealkylation sites (tertiary alicyclic amines) is 2. The van der Waals surface area contributed by atoms with Gasteiger partial charge >= 0.3 is 0 Å². The summed E-state index contributed by atoms with van der Waals surface area (Å²) in [4.78, 5) is 51.8. The molecule has 1 atom stereocenters. The molecule has 0 radical (unpaired) electrons. The number of aryl methyl sites for hydroxylation is 3. The maximum Gasteiger partial charge on any atom is 0.226 e. The summed E-state index contributed by atoms with van der Waals surface area (Å²) < 4.78 is 6.00. The number of para-hydroxylation sites is 1. The number of piperidine rings is 1. The van der Waals surface area contributed by atoms with Crippen molar-refractivity contribution in [2.75, 3.05) is 32.8 Å². The zero-order chi connectivity index (χ0) is 29.5. The molecule has 0 aliphatic carbocycles. The number of benzene rings is 1. The molecule has 1 N–H and O–H groups in total. The van der Waals surface area contributed by atoms with Crippen LogP contribution in [0.2, 0.25) is 0 Å². The topological polar surface area (TPSA) is 105 Å². The SMILES string of the molecule is CC(=O)N1CCCC1c1cc(CCC(=O)N2CCC3(CCCCc4ccccc4OCCCNC3=O)CC2)nc(C)n1. The van der Waals surface area contributed by atoms with E-state index in [1.165, 1.54) is 5.56 Å². The van der Waals surface area contributed by atoms with Gasteiger partial charge in [0.15, 0.2) is 0 Å². The van der Waals surface area contributed by atoms with Crippen molar-refractivity contribution in [1.29, 1.82) is 0 Å². The fraction of sp³-hybridized carbons (Fsp3) is 0.606. The van der Waals surface area contributed by atoms with Crippen molar-refractivity contribution in [3.8, 4) is 5.75 Å². The normalized spacial score (nSPS) is 21.4. The maximum atomic E-state index is 13.4. The number of carbonyl (C=O) groups excluding carboxylic acids is 3. The summed E-state index contributed by atoms with van der Waals surface area (Å²) in [6.07, 6.45) is 8.67. The van der Waals surface area contributed by atoms with Crippen molar-refractivity contribution < 1.29 is 19.1 Å². The van der Waals surface area contributed by atoms with Crippen LogP contribution in [0.5, 0.6) is 5.75 Å². The number of fused-ring (bicyclic) bond motifs is 1. The van der Waals surface area contributed by atoms with Crippen LogP contribution in [-0.4, -0.2) is 70.3 Å². The van der Waals surface area contributed by atoms with Gasteiger partial charge in [-0.25, -0.2) is 9.97 Å². The van der Waals surface area contributed by atoms with E-state index in [1.54, 1.807) is 6.92 Å². The molecule has 3 aliphatic heterocycles. The van der Waals surface area contributed by atoms with Gasteiger partial charge in [-0.05, 0) is 82.4 Å². The van der Waals surface area contributed by atoms with E-state index >= 15 is 0 Å². The number of hydrogen-bond donors (Lipinski definition) is 1. The van der Waals surface area contributed by atoms with Gasteiger partial charge in [0.05, 0.1) is 23.8 Å². The van der Waals surface area contributed by atoms with Gasteiger partial charge in [-0.1, -0.05) is 24.6 Å². The molecule has 42 heavy (non-hydrogen) atoms. The van der Waals surface area contributed by atoms with Gasteiger partial charge in [0.2, 0.25) is 17.7 Å². The number of rotatable bonds is 4. The summed E-state index contributed by atoms with van der Waals surface area (Å²) in [7, 11) is 0. The Bertz CT molecular complexity index is 1270. The van der Waals surface area contributed by atoms with Crippen molar-refractivity contribution in [2.45, 2.75) is 90.5 Å². The van der Waals surface area contributed by atoms with E-state index in [4.69, 9.17) is 4.74 Å². The highest BCUT2D eigenvalue weighted by Crippen LogP contribution is 2.38. The Morgan fingerprint density at radius 2 is 1.86 bits per heavy atom. The molecule has 0 bridgehead atoms. The first kappa shape index (κ1) is 30.0. The van der Waals surface area contributed by atoms with Crippen LogP contribution in [0.15, 0.2) is 30.3 Å². The Morgan fingerprint density at radius 1 is 1.05 bits per heavy atom.